The number of benzene rings is 2. The van der Waals surface area contributed by atoms with Gasteiger partial charge in [0, 0.05) is 18.7 Å². The summed E-state index contributed by atoms with van der Waals surface area (Å²) in [6.45, 7) is 2.44. The summed E-state index contributed by atoms with van der Waals surface area (Å²) in [5, 5.41) is 21.3. The lowest BCUT2D eigenvalue weighted by Crippen LogP contribution is -2.18. The molecule has 2 N–H and O–H groups in total. The zero-order valence-electron chi connectivity index (χ0n) is 11.1. The molecule has 0 saturated carbocycles. The van der Waals surface area contributed by atoms with Crippen molar-refractivity contribution in [3.8, 4) is 11.8 Å². The van der Waals surface area contributed by atoms with E-state index in [1.165, 1.54) is 12.1 Å². The average molecular weight is 270 g/mol. The molecular formula is C16H15FN2O. The Morgan fingerprint density at radius 3 is 2.55 bits per heavy atom. The highest BCUT2D eigenvalue weighted by Gasteiger charge is 2.06. The summed E-state index contributed by atoms with van der Waals surface area (Å²) in [6.07, 6.45) is 0. The van der Waals surface area contributed by atoms with Gasteiger partial charge in [0.05, 0.1) is 11.6 Å². The molecular weight excluding hydrogens is 255 g/mol. The fraction of sp³-hybridized carbons (Fsp3) is 0.188. The third kappa shape index (κ3) is 3.56. The highest BCUT2D eigenvalue weighted by atomic mass is 19.1. The minimum atomic E-state index is -0.451. The van der Waals surface area contributed by atoms with Gasteiger partial charge < -0.3 is 10.4 Å². The first-order valence-corrected chi connectivity index (χ1v) is 6.30. The Balaban J connectivity index is 2.00. The summed E-state index contributed by atoms with van der Waals surface area (Å²) in [4.78, 5) is 0. The van der Waals surface area contributed by atoms with Gasteiger partial charge in [-0.3, -0.25) is 0 Å². The van der Waals surface area contributed by atoms with Crippen LogP contribution in [0.1, 0.15) is 29.7 Å². The van der Waals surface area contributed by atoms with Crippen molar-refractivity contribution >= 4 is 0 Å². The molecule has 2 aromatic carbocycles. The Morgan fingerprint density at radius 2 is 1.95 bits per heavy atom. The predicted molar refractivity (Wildman–Crippen MR) is 74.5 cm³/mol. The van der Waals surface area contributed by atoms with Crippen LogP contribution in [-0.2, 0) is 6.54 Å². The first-order chi connectivity index (χ1) is 9.58. The second-order valence-corrected chi connectivity index (χ2v) is 4.65. The first-order valence-electron chi connectivity index (χ1n) is 6.30. The van der Waals surface area contributed by atoms with Crippen molar-refractivity contribution in [3.63, 3.8) is 0 Å². The Kier molecular flexibility index (Phi) is 4.34. The maximum Gasteiger partial charge on any atom is 0.127 e. The van der Waals surface area contributed by atoms with E-state index in [1.807, 2.05) is 19.1 Å². The second kappa shape index (κ2) is 6.18. The van der Waals surface area contributed by atoms with E-state index in [0.717, 1.165) is 11.6 Å². The summed E-state index contributed by atoms with van der Waals surface area (Å²) in [5.41, 5.74) is 2.35. The molecule has 2 aromatic rings. The molecule has 3 nitrogen and oxygen atoms in total. The maximum atomic E-state index is 13.1. The normalized spacial score (nSPS) is 11.8. The highest BCUT2D eigenvalue weighted by Crippen LogP contribution is 2.17. The van der Waals surface area contributed by atoms with Gasteiger partial charge in [-0.1, -0.05) is 12.1 Å². The number of phenolic OH excluding ortho intramolecular Hbond substituents is 1. The molecule has 0 saturated heterocycles. The monoisotopic (exact) mass is 270 g/mol. The fourth-order valence-corrected chi connectivity index (χ4v) is 1.97. The van der Waals surface area contributed by atoms with Crippen molar-refractivity contribution in [2.75, 3.05) is 0 Å². The molecule has 1 unspecified atom stereocenters. The maximum absolute atomic E-state index is 13.1. The van der Waals surface area contributed by atoms with E-state index in [9.17, 15) is 9.50 Å². The predicted octanol–water partition coefficient (Wildman–Crippen LogP) is 3.25. The zero-order valence-corrected chi connectivity index (χ0v) is 11.1. The molecule has 0 spiro atoms. The van der Waals surface area contributed by atoms with Crippen LogP contribution in [0, 0.1) is 17.1 Å². The number of rotatable bonds is 4. The standard InChI is InChI=1S/C16H15FN2O/c1-11(14-4-2-12(9-18)3-5-14)19-10-13-6-15(17)8-16(20)7-13/h2-8,11,19-20H,10H2,1H3. The molecule has 102 valence electrons. The minimum Gasteiger partial charge on any atom is -0.508 e. The smallest absolute Gasteiger partial charge is 0.127 e. The van der Waals surface area contributed by atoms with Crippen LogP contribution in [0.15, 0.2) is 42.5 Å². The molecule has 2 rings (SSSR count). The average Bonchev–Trinajstić information content (AvgIpc) is 2.44. The Labute approximate surface area is 117 Å². The van der Waals surface area contributed by atoms with E-state index < -0.39 is 5.82 Å². The van der Waals surface area contributed by atoms with E-state index in [0.29, 0.717) is 17.7 Å². The number of aromatic hydroxyl groups is 1. The molecule has 0 heterocycles. The van der Waals surface area contributed by atoms with E-state index in [-0.39, 0.29) is 11.8 Å². The van der Waals surface area contributed by atoms with Crippen LogP contribution in [0.3, 0.4) is 0 Å². The van der Waals surface area contributed by atoms with Crippen molar-refractivity contribution in [3.05, 3.63) is 65.0 Å². The van der Waals surface area contributed by atoms with E-state index in [2.05, 4.69) is 11.4 Å². The van der Waals surface area contributed by atoms with Crippen LogP contribution in [0.5, 0.6) is 5.75 Å². The molecule has 0 aliphatic rings. The molecule has 0 aromatic heterocycles. The van der Waals surface area contributed by atoms with E-state index in [1.54, 1.807) is 12.1 Å². The summed E-state index contributed by atoms with van der Waals surface area (Å²) >= 11 is 0. The van der Waals surface area contributed by atoms with Gasteiger partial charge in [0.25, 0.3) is 0 Å². The summed E-state index contributed by atoms with van der Waals surface area (Å²) in [7, 11) is 0. The largest absolute Gasteiger partial charge is 0.508 e. The highest BCUT2D eigenvalue weighted by molar-refractivity contribution is 5.33. The van der Waals surface area contributed by atoms with Crippen LogP contribution in [-0.4, -0.2) is 5.11 Å². The number of nitrogens with one attached hydrogen (secondary N) is 1. The number of hydrogen-bond acceptors (Lipinski definition) is 3. The second-order valence-electron chi connectivity index (χ2n) is 4.65. The molecule has 0 fully saturated rings. The van der Waals surface area contributed by atoms with Crippen LogP contribution in [0.4, 0.5) is 4.39 Å². The zero-order chi connectivity index (χ0) is 14.5. The molecule has 0 aliphatic carbocycles. The van der Waals surface area contributed by atoms with Gasteiger partial charge in [-0.15, -0.1) is 0 Å². The molecule has 4 heteroatoms. The third-order valence-electron chi connectivity index (χ3n) is 3.09. The van der Waals surface area contributed by atoms with Crippen molar-refractivity contribution in [2.45, 2.75) is 19.5 Å². The first kappa shape index (κ1) is 14.0. The topological polar surface area (TPSA) is 56.0 Å². The van der Waals surface area contributed by atoms with Crippen LogP contribution in [0.2, 0.25) is 0 Å². The van der Waals surface area contributed by atoms with Gasteiger partial charge in [0.2, 0.25) is 0 Å². The van der Waals surface area contributed by atoms with Crippen molar-refractivity contribution < 1.29 is 9.50 Å². The molecule has 1 atom stereocenters. The number of hydrogen-bond donors (Lipinski definition) is 2. The quantitative estimate of drug-likeness (QED) is 0.896. The van der Waals surface area contributed by atoms with Crippen LogP contribution < -0.4 is 5.32 Å². The Bertz CT molecular complexity index is 612. The van der Waals surface area contributed by atoms with Crippen molar-refractivity contribution in [2.24, 2.45) is 0 Å². The van der Waals surface area contributed by atoms with Crippen LogP contribution >= 0.6 is 0 Å². The summed E-state index contributed by atoms with van der Waals surface area (Å²) in [5.74, 6) is -0.527. The minimum absolute atomic E-state index is 0.0631. The van der Waals surface area contributed by atoms with Gasteiger partial charge in [0.15, 0.2) is 0 Å². The van der Waals surface area contributed by atoms with Crippen molar-refractivity contribution in [1.29, 1.82) is 5.26 Å². The molecule has 0 radical (unpaired) electrons. The lowest BCUT2D eigenvalue weighted by molar-refractivity contribution is 0.466. The number of nitriles is 1. The van der Waals surface area contributed by atoms with E-state index in [4.69, 9.17) is 5.26 Å². The lowest BCUT2D eigenvalue weighted by Gasteiger charge is -2.14. The Hall–Kier alpha value is -2.38. The molecule has 0 aliphatic heterocycles. The van der Waals surface area contributed by atoms with Gasteiger partial charge in [0.1, 0.15) is 11.6 Å². The lowest BCUT2D eigenvalue weighted by atomic mass is 10.1. The van der Waals surface area contributed by atoms with Crippen LogP contribution in [0.25, 0.3) is 0 Å². The number of nitrogens with zero attached hydrogens (tertiary/aromatic N) is 1. The van der Waals surface area contributed by atoms with Gasteiger partial charge in [-0.2, -0.15) is 5.26 Å². The summed E-state index contributed by atoms with van der Waals surface area (Å²) in [6, 6.07) is 13.4. The Morgan fingerprint density at radius 1 is 1.25 bits per heavy atom. The van der Waals surface area contributed by atoms with Crippen molar-refractivity contribution in [1.82, 2.24) is 5.32 Å². The van der Waals surface area contributed by atoms with Gasteiger partial charge >= 0.3 is 0 Å². The fourth-order valence-electron chi connectivity index (χ4n) is 1.97. The third-order valence-corrected chi connectivity index (χ3v) is 3.09. The molecule has 0 amide bonds. The summed E-state index contributed by atoms with van der Waals surface area (Å²) < 4.78 is 13.1. The molecule has 20 heavy (non-hydrogen) atoms. The van der Waals surface area contributed by atoms with Gasteiger partial charge in [-0.25, -0.2) is 4.39 Å². The van der Waals surface area contributed by atoms with E-state index >= 15 is 0 Å². The molecule has 0 bridgehead atoms. The number of halogens is 1. The number of phenols is 1. The van der Waals surface area contributed by atoms with Gasteiger partial charge in [-0.05, 0) is 42.3 Å². The SMILES string of the molecule is CC(NCc1cc(O)cc(F)c1)c1ccc(C#N)cc1.